The van der Waals surface area contributed by atoms with Gasteiger partial charge in [0.15, 0.2) is 0 Å². The van der Waals surface area contributed by atoms with E-state index in [4.69, 9.17) is 10.5 Å². The summed E-state index contributed by atoms with van der Waals surface area (Å²) in [7, 11) is 1.63. The van der Waals surface area contributed by atoms with E-state index in [1.54, 1.807) is 19.2 Å². The minimum Gasteiger partial charge on any atom is -0.380 e. The van der Waals surface area contributed by atoms with Crippen molar-refractivity contribution in [1.82, 2.24) is 0 Å². The zero-order valence-electron chi connectivity index (χ0n) is 7.66. The second-order valence-electron chi connectivity index (χ2n) is 2.92. The Balaban J connectivity index is 2.58. The van der Waals surface area contributed by atoms with Crippen molar-refractivity contribution in [2.45, 2.75) is 12.5 Å². The van der Waals surface area contributed by atoms with Crippen LogP contribution in [0.5, 0.6) is 0 Å². The molecule has 0 bridgehead atoms. The molecule has 2 N–H and O–H groups in total. The van der Waals surface area contributed by atoms with E-state index in [1.165, 1.54) is 12.1 Å². The molecule has 0 aliphatic rings. The van der Waals surface area contributed by atoms with Gasteiger partial charge in [0.1, 0.15) is 5.82 Å². The van der Waals surface area contributed by atoms with Gasteiger partial charge in [0.25, 0.3) is 0 Å². The third-order valence-electron chi connectivity index (χ3n) is 1.97. The monoisotopic (exact) mass is 183 g/mol. The summed E-state index contributed by atoms with van der Waals surface area (Å²) in [5.41, 5.74) is 6.50. The average molecular weight is 183 g/mol. The zero-order valence-corrected chi connectivity index (χ0v) is 7.66. The Morgan fingerprint density at radius 3 is 2.46 bits per heavy atom. The summed E-state index contributed by atoms with van der Waals surface area (Å²) < 4.78 is 17.6. The first-order valence-electron chi connectivity index (χ1n) is 4.23. The Kier molecular flexibility index (Phi) is 3.86. The number of benzene rings is 1. The Hall–Kier alpha value is -0.930. The van der Waals surface area contributed by atoms with Crippen LogP contribution in [0.1, 0.15) is 5.56 Å². The summed E-state index contributed by atoms with van der Waals surface area (Å²) in [5.74, 6) is -0.217. The van der Waals surface area contributed by atoms with Crippen LogP contribution >= 0.6 is 0 Å². The molecule has 1 rings (SSSR count). The van der Waals surface area contributed by atoms with Crippen LogP contribution in [0.25, 0.3) is 0 Å². The molecule has 0 saturated heterocycles. The lowest BCUT2D eigenvalue weighted by Gasteiger charge is -2.12. The van der Waals surface area contributed by atoms with Gasteiger partial charge in [0.05, 0.1) is 6.10 Å². The number of halogens is 1. The third kappa shape index (κ3) is 3.13. The Labute approximate surface area is 77.5 Å². The van der Waals surface area contributed by atoms with Crippen LogP contribution in [0.15, 0.2) is 24.3 Å². The highest BCUT2D eigenvalue weighted by atomic mass is 19.1. The van der Waals surface area contributed by atoms with Gasteiger partial charge >= 0.3 is 0 Å². The lowest BCUT2D eigenvalue weighted by molar-refractivity contribution is 0.110. The largest absolute Gasteiger partial charge is 0.380 e. The minimum absolute atomic E-state index is 0.0189. The number of hydrogen-bond donors (Lipinski definition) is 1. The van der Waals surface area contributed by atoms with Crippen LogP contribution < -0.4 is 5.73 Å². The SMILES string of the molecule is COC(CN)Cc1ccc(F)cc1. The van der Waals surface area contributed by atoms with Crippen LogP contribution in [0.2, 0.25) is 0 Å². The van der Waals surface area contributed by atoms with E-state index in [9.17, 15) is 4.39 Å². The molecule has 0 aromatic heterocycles. The molecule has 0 amide bonds. The average Bonchev–Trinajstić information content (AvgIpc) is 2.17. The first kappa shape index (κ1) is 10.2. The summed E-state index contributed by atoms with van der Waals surface area (Å²) >= 11 is 0. The molecular formula is C10H14FNO. The molecule has 1 aromatic carbocycles. The lowest BCUT2D eigenvalue weighted by atomic mass is 10.1. The van der Waals surface area contributed by atoms with Gasteiger partial charge in [-0.05, 0) is 24.1 Å². The number of nitrogens with two attached hydrogens (primary N) is 1. The fraction of sp³-hybridized carbons (Fsp3) is 0.400. The molecule has 2 nitrogen and oxygen atoms in total. The van der Waals surface area contributed by atoms with Gasteiger partial charge in [-0.25, -0.2) is 4.39 Å². The van der Waals surface area contributed by atoms with Crippen molar-refractivity contribution in [2.75, 3.05) is 13.7 Å². The maximum absolute atomic E-state index is 12.5. The normalized spacial score (nSPS) is 12.8. The summed E-state index contributed by atoms with van der Waals surface area (Å²) in [5, 5.41) is 0. The van der Waals surface area contributed by atoms with Gasteiger partial charge in [-0.2, -0.15) is 0 Å². The number of rotatable bonds is 4. The summed E-state index contributed by atoms with van der Waals surface area (Å²) in [6, 6.07) is 6.38. The first-order valence-corrected chi connectivity index (χ1v) is 4.23. The van der Waals surface area contributed by atoms with Gasteiger partial charge in [0, 0.05) is 13.7 Å². The van der Waals surface area contributed by atoms with Crippen molar-refractivity contribution in [3.05, 3.63) is 35.6 Å². The Bertz CT molecular complexity index is 244. The molecule has 0 aliphatic carbocycles. The van der Waals surface area contributed by atoms with Gasteiger partial charge in [-0.3, -0.25) is 0 Å². The van der Waals surface area contributed by atoms with Crippen LogP contribution in [-0.4, -0.2) is 19.8 Å². The van der Waals surface area contributed by atoms with Crippen molar-refractivity contribution in [1.29, 1.82) is 0 Å². The maximum Gasteiger partial charge on any atom is 0.123 e. The molecule has 0 heterocycles. The predicted molar refractivity (Wildman–Crippen MR) is 50.0 cm³/mol. The van der Waals surface area contributed by atoms with E-state index in [-0.39, 0.29) is 11.9 Å². The van der Waals surface area contributed by atoms with Crippen LogP contribution in [0.4, 0.5) is 4.39 Å². The van der Waals surface area contributed by atoms with E-state index < -0.39 is 0 Å². The van der Waals surface area contributed by atoms with Crippen molar-refractivity contribution >= 4 is 0 Å². The van der Waals surface area contributed by atoms with Crippen molar-refractivity contribution in [3.8, 4) is 0 Å². The second kappa shape index (κ2) is 4.94. The van der Waals surface area contributed by atoms with Crippen LogP contribution in [0, 0.1) is 5.82 Å². The lowest BCUT2D eigenvalue weighted by Crippen LogP contribution is -2.24. The first-order chi connectivity index (χ1) is 6.26. The fourth-order valence-electron chi connectivity index (χ4n) is 1.15. The quantitative estimate of drug-likeness (QED) is 0.764. The van der Waals surface area contributed by atoms with Crippen molar-refractivity contribution < 1.29 is 9.13 Å². The third-order valence-corrected chi connectivity index (χ3v) is 1.97. The highest BCUT2D eigenvalue weighted by Crippen LogP contribution is 2.06. The minimum atomic E-state index is -0.217. The van der Waals surface area contributed by atoms with Crippen LogP contribution in [-0.2, 0) is 11.2 Å². The molecule has 1 atom stereocenters. The van der Waals surface area contributed by atoms with Gasteiger partial charge in [0.2, 0.25) is 0 Å². The van der Waals surface area contributed by atoms with E-state index in [1.807, 2.05) is 0 Å². The molecule has 1 unspecified atom stereocenters. The number of methoxy groups -OCH3 is 1. The predicted octanol–water partition coefficient (Wildman–Crippen LogP) is 1.34. The molecule has 0 spiro atoms. The molecule has 72 valence electrons. The number of ether oxygens (including phenoxy) is 1. The summed E-state index contributed by atoms with van der Waals surface area (Å²) in [4.78, 5) is 0. The van der Waals surface area contributed by atoms with Gasteiger partial charge in [-0.15, -0.1) is 0 Å². The van der Waals surface area contributed by atoms with E-state index in [0.717, 1.165) is 12.0 Å². The van der Waals surface area contributed by atoms with E-state index in [2.05, 4.69) is 0 Å². The molecule has 0 aliphatic heterocycles. The molecule has 13 heavy (non-hydrogen) atoms. The fourth-order valence-corrected chi connectivity index (χ4v) is 1.15. The van der Waals surface area contributed by atoms with Crippen molar-refractivity contribution in [3.63, 3.8) is 0 Å². The summed E-state index contributed by atoms with van der Waals surface area (Å²) in [6.07, 6.45) is 0.748. The van der Waals surface area contributed by atoms with E-state index in [0.29, 0.717) is 6.54 Å². The molecule has 3 heteroatoms. The second-order valence-corrected chi connectivity index (χ2v) is 2.92. The van der Waals surface area contributed by atoms with Gasteiger partial charge in [-0.1, -0.05) is 12.1 Å². The highest BCUT2D eigenvalue weighted by molar-refractivity contribution is 5.16. The molecular weight excluding hydrogens is 169 g/mol. The van der Waals surface area contributed by atoms with Crippen LogP contribution in [0.3, 0.4) is 0 Å². The van der Waals surface area contributed by atoms with Crippen molar-refractivity contribution in [2.24, 2.45) is 5.73 Å². The zero-order chi connectivity index (χ0) is 9.68. The molecule has 0 radical (unpaired) electrons. The standard InChI is InChI=1S/C10H14FNO/c1-13-10(7-12)6-8-2-4-9(11)5-3-8/h2-5,10H,6-7,12H2,1H3. The summed E-state index contributed by atoms with van der Waals surface area (Å²) in [6.45, 7) is 0.480. The number of hydrogen-bond acceptors (Lipinski definition) is 2. The highest BCUT2D eigenvalue weighted by Gasteiger charge is 2.05. The Morgan fingerprint density at radius 2 is 2.00 bits per heavy atom. The topological polar surface area (TPSA) is 35.2 Å². The smallest absolute Gasteiger partial charge is 0.123 e. The maximum atomic E-state index is 12.5. The molecule has 1 aromatic rings. The molecule has 0 fully saturated rings. The van der Waals surface area contributed by atoms with E-state index >= 15 is 0 Å². The Morgan fingerprint density at radius 1 is 1.38 bits per heavy atom. The van der Waals surface area contributed by atoms with Gasteiger partial charge < -0.3 is 10.5 Å². The molecule has 0 saturated carbocycles.